The largest absolute Gasteiger partial charge is 0.481 e. The van der Waals surface area contributed by atoms with Crippen LogP contribution in [0.5, 0.6) is 0 Å². The van der Waals surface area contributed by atoms with Crippen molar-refractivity contribution in [2.24, 2.45) is 11.5 Å². The minimum absolute atomic E-state index is 0.0346. The van der Waals surface area contributed by atoms with E-state index in [1.807, 2.05) is 0 Å². The molecule has 24 heteroatoms. The van der Waals surface area contributed by atoms with Crippen LogP contribution in [0.15, 0.2) is 0 Å². The summed E-state index contributed by atoms with van der Waals surface area (Å²) in [6.45, 7) is 0.736. The van der Waals surface area contributed by atoms with Gasteiger partial charge in [0.1, 0.15) is 36.3 Å². The standard InChI is InChI=1S/C35H56N12O12/c1-19(42-31(55)22-7-3-13-45(22)26(49)16-36)29(53)41-18-27(50)46-14-4-8-23(46)32(56)44-20(10-11-28(51)52)30(54)40-17-25(48)43-21(6-2-12-39-35(37)38)33(57)47-15-5-9-24(47)34(58)59/h19-24H,2-18,36H2,1H3,(H,40,54)(H,41,53)(H,42,55)(H,43,48)(H,44,56)(H,51,52)(H,58,59)(H4,37,38,39)/t19-,20-,21-,22-,23-,24-/m0/s1. The molecule has 0 aliphatic carbocycles. The fraction of sp³-hybridized carbons (Fsp3) is 0.686. The van der Waals surface area contributed by atoms with E-state index >= 15 is 0 Å². The smallest absolute Gasteiger partial charge is 0.326 e. The van der Waals surface area contributed by atoms with Gasteiger partial charge in [0.15, 0.2) is 5.96 Å². The van der Waals surface area contributed by atoms with Gasteiger partial charge >= 0.3 is 11.9 Å². The van der Waals surface area contributed by atoms with E-state index in [1.165, 1.54) is 16.7 Å². The zero-order chi connectivity index (χ0) is 43.8. The van der Waals surface area contributed by atoms with Crippen molar-refractivity contribution in [2.45, 2.75) is 107 Å². The fourth-order valence-corrected chi connectivity index (χ4v) is 7.20. The highest BCUT2D eigenvalue weighted by Crippen LogP contribution is 2.21. The third-order valence-corrected chi connectivity index (χ3v) is 10.2. The Kier molecular flexibility index (Phi) is 18.2. The molecule has 3 saturated heterocycles. The molecule has 0 saturated carbocycles. The van der Waals surface area contributed by atoms with Crippen LogP contribution in [0.25, 0.3) is 0 Å². The van der Waals surface area contributed by atoms with Crippen LogP contribution in [-0.4, -0.2) is 172 Å². The number of nitrogens with one attached hydrogen (secondary N) is 7. The predicted octanol–water partition coefficient (Wildman–Crippen LogP) is -5.16. The number of guanidine groups is 1. The zero-order valence-electron chi connectivity index (χ0n) is 33.0. The number of carbonyl (C=O) groups excluding carboxylic acids is 8. The molecule has 3 fully saturated rings. The van der Waals surface area contributed by atoms with Gasteiger partial charge in [0, 0.05) is 32.6 Å². The molecule has 0 aromatic carbocycles. The minimum Gasteiger partial charge on any atom is -0.481 e. The second-order valence-electron chi connectivity index (χ2n) is 14.5. The molecule has 3 aliphatic rings. The van der Waals surface area contributed by atoms with E-state index < -0.39 is 115 Å². The molecule has 0 aromatic heterocycles. The Bertz CT molecular complexity index is 1630. The first-order valence-electron chi connectivity index (χ1n) is 19.5. The van der Waals surface area contributed by atoms with Crippen molar-refractivity contribution >= 4 is 65.2 Å². The van der Waals surface area contributed by atoms with E-state index in [-0.39, 0.29) is 64.2 Å². The van der Waals surface area contributed by atoms with Gasteiger partial charge < -0.3 is 68.3 Å². The maximum absolute atomic E-state index is 13.4. The molecule has 0 unspecified atom stereocenters. The summed E-state index contributed by atoms with van der Waals surface area (Å²) in [4.78, 5) is 131. The Morgan fingerprint density at radius 1 is 0.695 bits per heavy atom. The maximum atomic E-state index is 13.4. The summed E-state index contributed by atoms with van der Waals surface area (Å²) >= 11 is 0. The Morgan fingerprint density at radius 3 is 1.83 bits per heavy atom. The highest BCUT2D eigenvalue weighted by Gasteiger charge is 2.39. The van der Waals surface area contributed by atoms with Crippen LogP contribution in [-0.2, 0) is 47.9 Å². The molecule has 24 nitrogen and oxygen atoms in total. The normalized spacial score (nSPS) is 20.1. The van der Waals surface area contributed by atoms with Gasteiger partial charge in [-0.25, -0.2) is 4.79 Å². The third kappa shape index (κ3) is 14.1. The molecule has 59 heavy (non-hydrogen) atoms. The average molecular weight is 837 g/mol. The number of hydrogen-bond donors (Lipinski definition) is 11. The quantitative estimate of drug-likeness (QED) is 0.0293. The molecular weight excluding hydrogens is 780 g/mol. The number of hydrogen-bond acceptors (Lipinski definition) is 12. The van der Waals surface area contributed by atoms with Crippen molar-refractivity contribution in [3.05, 3.63) is 0 Å². The SMILES string of the molecule is C[C@H](NC(=O)[C@@H]1CCCN1C(=O)CN)C(=O)NCC(=O)N1CCC[C@H]1C(=O)N[C@@H](CCC(=O)O)C(=O)NCC(=O)N[C@@H](CCCNC(=N)N)C(=O)N1CCC[C@H]1C(=O)O. The van der Waals surface area contributed by atoms with Crippen LogP contribution < -0.4 is 43.4 Å². The molecule has 6 atom stereocenters. The van der Waals surface area contributed by atoms with Crippen molar-refractivity contribution in [1.29, 1.82) is 5.41 Å². The predicted molar refractivity (Wildman–Crippen MR) is 204 cm³/mol. The number of likely N-dealkylation sites (tertiary alicyclic amines) is 3. The van der Waals surface area contributed by atoms with E-state index in [0.29, 0.717) is 32.2 Å². The Hall–Kier alpha value is -6.07. The van der Waals surface area contributed by atoms with E-state index in [4.69, 9.17) is 16.9 Å². The van der Waals surface area contributed by atoms with Gasteiger partial charge in [0.05, 0.1) is 19.6 Å². The zero-order valence-corrected chi connectivity index (χ0v) is 33.0. The fourth-order valence-electron chi connectivity index (χ4n) is 7.20. The summed E-state index contributed by atoms with van der Waals surface area (Å²) in [5.41, 5.74) is 10.7. The van der Waals surface area contributed by atoms with Gasteiger partial charge in [-0.15, -0.1) is 0 Å². The molecule has 0 aromatic rings. The summed E-state index contributed by atoms with van der Waals surface area (Å²) in [5, 5.41) is 41.0. The van der Waals surface area contributed by atoms with Gasteiger partial charge in [-0.2, -0.15) is 0 Å². The van der Waals surface area contributed by atoms with Crippen molar-refractivity contribution in [3.63, 3.8) is 0 Å². The van der Waals surface area contributed by atoms with Crippen LogP contribution >= 0.6 is 0 Å². The van der Waals surface area contributed by atoms with Gasteiger partial charge in [-0.05, 0) is 64.7 Å². The molecule has 0 spiro atoms. The molecule has 8 amide bonds. The first-order chi connectivity index (χ1) is 27.9. The number of carbonyl (C=O) groups is 10. The molecule has 13 N–H and O–H groups in total. The van der Waals surface area contributed by atoms with Crippen molar-refractivity contribution in [1.82, 2.24) is 46.6 Å². The van der Waals surface area contributed by atoms with E-state index in [1.54, 1.807) is 0 Å². The number of amides is 8. The molecule has 0 radical (unpaired) electrons. The van der Waals surface area contributed by atoms with Gasteiger partial charge in [0.25, 0.3) is 0 Å². The van der Waals surface area contributed by atoms with Gasteiger partial charge in [-0.1, -0.05) is 0 Å². The Balaban J connectivity index is 1.57. The molecule has 3 rings (SSSR count). The number of carboxylic acid groups (broad SMARTS) is 2. The van der Waals surface area contributed by atoms with Gasteiger partial charge in [0.2, 0.25) is 47.3 Å². The van der Waals surface area contributed by atoms with E-state index in [2.05, 4.69) is 31.9 Å². The lowest BCUT2D eigenvalue weighted by molar-refractivity contribution is -0.149. The summed E-state index contributed by atoms with van der Waals surface area (Å²) in [6.07, 6.45) is 1.61. The molecular formula is C35H56N12O12. The second kappa shape index (κ2) is 22.8. The number of nitrogens with zero attached hydrogens (tertiary/aromatic N) is 3. The number of nitrogens with two attached hydrogens (primary N) is 2. The van der Waals surface area contributed by atoms with Crippen LogP contribution in [0.3, 0.4) is 0 Å². The summed E-state index contributed by atoms with van der Waals surface area (Å²) in [7, 11) is 0. The molecule has 328 valence electrons. The Morgan fingerprint density at radius 2 is 1.25 bits per heavy atom. The number of carboxylic acids is 2. The molecule has 3 heterocycles. The number of rotatable bonds is 21. The van der Waals surface area contributed by atoms with Crippen LogP contribution in [0.2, 0.25) is 0 Å². The lowest BCUT2D eigenvalue weighted by Crippen LogP contribution is -2.56. The topological polar surface area (TPSA) is 369 Å². The monoisotopic (exact) mass is 836 g/mol. The van der Waals surface area contributed by atoms with Crippen molar-refractivity contribution in [3.8, 4) is 0 Å². The third-order valence-electron chi connectivity index (χ3n) is 10.2. The number of aliphatic carboxylic acids is 2. The minimum atomic E-state index is -1.46. The first kappa shape index (κ1) is 47.3. The van der Waals surface area contributed by atoms with Crippen molar-refractivity contribution < 1.29 is 58.2 Å². The summed E-state index contributed by atoms with van der Waals surface area (Å²) in [6, 6.07) is -6.66. The lowest BCUT2D eigenvalue weighted by Gasteiger charge is -2.28. The molecule has 3 aliphatic heterocycles. The van der Waals surface area contributed by atoms with Crippen LogP contribution in [0, 0.1) is 5.41 Å². The maximum Gasteiger partial charge on any atom is 0.326 e. The van der Waals surface area contributed by atoms with E-state index in [9.17, 15) is 58.2 Å². The van der Waals surface area contributed by atoms with Crippen molar-refractivity contribution in [2.75, 3.05) is 45.8 Å². The summed E-state index contributed by atoms with van der Waals surface area (Å²) in [5.74, 6) is -8.25. The van der Waals surface area contributed by atoms with Crippen LogP contribution in [0.1, 0.15) is 71.1 Å². The highest BCUT2D eigenvalue weighted by molar-refractivity contribution is 5.97. The highest BCUT2D eigenvalue weighted by atomic mass is 16.4. The lowest BCUT2D eigenvalue weighted by atomic mass is 10.1. The van der Waals surface area contributed by atoms with E-state index in [0.717, 1.165) is 4.90 Å². The average Bonchev–Trinajstić information content (AvgIpc) is 3.99. The Labute approximate surface area is 339 Å². The summed E-state index contributed by atoms with van der Waals surface area (Å²) < 4.78 is 0. The molecule has 0 bridgehead atoms. The van der Waals surface area contributed by atoms with Crippen LogP contribution in [0.4, 0.5) is 0 Å². The first-order valence-corrected chi connectivity index (χ1v) is 19.5. The second-order valence-corrected chi connectivity index (χ2v) is 14.5. The van der Waals surface area contributed by atoms with Gasteiger partial charge in [-0.3, -0.25) is 48.6 Å².